The molecule has 108 valence electrons. The van der Waals surface area contributed by atoms with Crippen LogP contribution in [-0.4, -0.2) is 51.2 Å². The molecule has 6 nitrogen and oxygen atoms in total. The fraction of sp³-hybridized carbons (Fsp3) is 0.500. The van der Waals surface area contributed by atoms with Crippen molar-refractivity contribution in [2.75, 3.05) is 45.7 Å². The van der Waals surface area contributed by atoms with E-state index in [1.54, 1.807) is 14.2 Å². The third-order valence-corrected chi connectivity index (χ3v) is 3.87. The molecule has 0 radical (unpaired) electrons. The summed E-state index contributed by atoms with van der Waals surface area (Å²) in [5.41, 5.74) is 1.78. The summed E-state index contributed by atoms with van der Waals surface area (Å²) >= 11 is 0. The number of anilines is 1. The zero-order chi connectivity index (χ0) is 14.1. The van der Waals surface area contributed by atoms with Crippen LogP contribution in [0.1, 0.15) is 11.6 Å². The van der Waals surface area contributed by atoms with Gasteiger partial charge >= 0.3 is 0 Å². The predicted octanol–water partition coefficient (Wildman–Crippen LogP) is 0.602. The summed E-state index contributed by atoms with van der Waals surface area (Å²) in [5.74, 6) is 1.31. The van der Waals surface area contributed by atoms with E-state index in [0.29, 0.717) is 11.5 Å². The van der Waals surface area contributed by atoms with Gasteiger partial charge in [-0.05, 0) is 6.07 Å². The number of amides is 1. The molecule has 20 heavy (non-hydrogen) atoms. The molecule has 2 N–H and O–H groups in total. The average Bonchev–Trinajstić information content (AvgIpc) is 2.81. The summed E-state index contributed by atoms with van der Waals surface area (Å²) < 4.78 is 10.6. The van der Waals surface area contributed by atoms with Gasteiger partial charge < -0.3 is 20.1 Å². The van der Waals surface area contributed by atoms with E-state index < -0.39 is 0 Å². The topological polar surface area (TPSA) is 62.8 Å². The molecule has 1 saturated heterocycles. The molecule has 0 aromatic heterocycles. The number of nitrogens with zero attached hydrogens (tertiary/aromatic N) is 1. The van der Waals surface area contributed by atoms with Gasteiger partial charge in [-0.2, -0.15) is 0 Å². The van der Waals surface area contributed by atoms with Gasteiger partial charge in [-0.1, -0.05) is 0 Å². The molecule has 1 unspecified atom stereocenters. The molecule has 1 amide bonds. The van der Waals surface area contributed by atoms with Gasteiger partial charge in [-0.15, -0.1) is 0 Å². The highest BCUT2D eigenvalue weighted by atomic mass is 16.5. The summed E-state index contributed by atoms with van der Waals surface area (Å²) in [7, 11) is 3.20. The fourth-order valence-electron chi connectivity index (χ4n) is 2.87. The van der Waals surface area contributed by atoms with Crippen LogP contribution in [0.3, 0.4) is 0 Å². The number of hydrogen-bond acceptors (Lipinski definition) is 5. The quantitative estimate of drug-likeness (QED) is 0.847. The second-order valence-electron chi connectivity index (χ2n) is 4.97. The van der Waals surface area contributed by atoms with Gasteiger partial charge in [0, 0.05) is 37.8 Å². The van der Waals surface area contributed by atoms with Crippen molar-refractivity contribution >= 4 is 11.6 Å². The van der Waals surface area contributed by atoms with E-state index in [1.165, 1.54) is 0 Å². The lowest BCUT2D eigenvalue weighted by atomic mass is 10.0. The molecular formula is C14H19N3O3. The van der Waals surface area contributed by atoms with Gasteiger partial charge in [0.05, 0.1) is 19.9 Å². The van der Waals surface area contributed by atoms with Crippen LogP contribution in [0.2, 0.25) is 0 Å². The van der Waals surface area contributed by atoms with Crippen LogP contribution in [0, 0.1) is 0 Å². The van der Waals surface area contributed by atoms with Gasteiger partial charge in [0.2, 0.25) is 5.91 Å². The minimum absolute atomic E-state index is 0.0252. The van der Waals surface area contributed by atoms with Crippen LogP contribution < -0.4 is 20.1 Å². The first-order valence-corrected chi connectivity index (χ1v) is 6.76. The number of fused-ring (bicyclic) bond motifs is 1. The molecule has 6 heteroatoms. The van der Waals surface area contributed by atoms with Gasteiger partial charge in [-0.3, -0.25) is 9.69 Å². The third kappa shape index (κ3) is 2.10. The van der Waals surface area contributed by atoms with Crippen LogP contribution in [0.25, 0.3) is 0 Å². The lowest BCUT2D eigenvalue weighted by Crippen LogP contribution is -2.46. The number of hydrogen-bond donors (Lipinski definition) is 2. The Morgan fingerprint density at radius 3 is 2.45 bits per heavy atom. The molecule has 1 fully saturated rings. The molecule has 0 spiro atoms. The smallest absolute Gasteiger partial charge is 0.246 e. The van der Waals surface area contributed by atoms with Gasteiger partial charge in [-0.25, -0.2) is 0 Å². The first-order chi connectivity index (χ1) is 9.74. The first kappa shape index (κ1) is 13.2. The number of nitrogens with one attached hydrogen (secondary N) is 2. The molecule has 2 aliphatic heterocycles. The van der Waals surface area contributed by atoms with E-state index in [1.807, 2.05) is 12.1 Å². The highest BCUT2D eigenvalue weighted by molar-refractivity contribution is 6.03. The predicted molar refractivity (Wildman–Crippen MR) is 75.4 cm³/mol. The van der Waals surface area contributed by atoms with Gasteiger partial charge in [0.1, 0.15) is 6.04 Å². The molecule has 0 bridgehead atoms. The summed E-state index contributed by atoms with van der Waals surface area (Å²) in [4.78, 5) is 14.5. The number of carbonyl (C=O) groups is 1. The molecule has 0 aliphatic carbocycles. The van der Waals surface area contributed by atoms with Crippen molar-refractivity contribution in [2.24, 2.45) is 0 Å². The van der Waals surface area contributed by atoms with E-state index in [4.69, 9.17) is 9.47 Å². The Kier molecular flexibility index (Phi) is 3.50. The monoisotopic (exact) mass is 277 g/mol. The van der Waals surface area contributed by atoms with Crippen LogP contribution in [0.4, 0.5) is 5.69 Å². The van der Waals surface area contributed by atoms with E-state index in [0.717, 1.165) is 37.4 Å². The van der Waals surface area contributed by atoms with E-state index in [-0.39, 0.29) is 11.9 Å². The number of piperazine rings is 1. The molecule has 1 aromatic carbocycles. The zero-order valence-electron chi connectivity index (χ0n) is 11.7. The van der Waals surface area contributed by atoms with Crippen molar-refractivity contribution in [2.45, 2.75) is 6.04 Å². The Balaban J connectivity index is 1.98. The lowest BCUT2D eigenvalue weighted by molar-refractivity contribution is -0.121. The number of methoxy groups -OCH3 is 2. The Morgan fingerprint density at radius 1 is 1.15 bits per heavy atom. The van der Waals surface area contributed by atoms with Crippen molar-refractivity contribution in [3.63, 3.8) is 0 Å². The van der Waals surface area contributed by atoms with Crippen LogP contribution in [0.5, 0.6) is 11.5 Å². The molecule has 2 heterocycles. The van der Waals surface area contributed by atoms with Crippen molar-refractivity contribution in [1.82, 2.24) is 10.2 Å². The molecule has 1 aromatic rings. The molecule has 2 aliphatic rings. The van der Waals surface area contributed by atoms with Crippen LogP contribution >= 0.6 is 0 Å². The van der Waals surface area contributed by atoms with Crippen molar-refractivity contribution in [3.8, 4) is 11.5 Å². The molecule has 1 atom stereocenters. The highest BCUT2D eigenvalue weighted by Crippen LogP contribution is 2.42. The van der Waals surface area contributed by atoms with Crippen molar-refractivity contribution in [3.05, 3.63) is 17.7 Å². The number of ether oxygens (including phenoxy) is 2. The SMILES string of the molecule is COc1cc2c(cc1OC)C(N1CCNCC1)C(=O)N2. The van der Waals surface area contributed by atoms with Gasteiger partial charge in [0.15, 0.2) is 11.5 Å². The first-order valence-electron chi connectivity index (χ1n) is 6.76. The lowest BCUT2D eigenvalue weighted by Gasteiger charge is -2.31. The molecule has 0 saturated carbocycles. The van der Waals surface area contributed by atoms with Crippen LogP contribution in [0.15, 0.2) is 12.1 Å². The number of rotatable bonds is 3. The maximum atomic E-state index is 12.3. The highest BCUT2D eigenvalue weighted by Gasteiger charge is 2.36. The second kappa shape index (κ2) is 5.30. The molecular weight excluding hydrogens is 258 g/mol. The Bertz CT molecular complexity index is 527. The Morgan fingerprint density at radius 2 is 1.80 bits per heavy atom. The maximum Gasteiger partial charge on any atom is 0.246 e. The average molecular weight is 277 g/mol. The Labute approximate surface area is 118 Å². The van der Waals surface area contributed by atoms with E-state index in [9.17, 15) is 4.79 Å². The number of benzene rings is 1. The summed E-state index contributed by atoms with van der Waals surface area (Å²) in [6.07, 6.45) is 0. The van der Waals surface area contributed by atoms with E-state index in [2.05, 4.69) is 15.5 Å². The zero-order valence-corrected chi connectivity index (χ0v) is 11.7. The standard InChI is InChI=1S/C14H19N3O3/c1-19-11-7-9-10(8-12(11)20-2)16-14(18)13(9)17-5-3-15-4-6-17/h7-8,13,15H,3-6H2,1-2H3,(H,16,18). The summed E-state index contributed by atoms with van der Waals surface area (Å²) in [6.45, 7) is 3.55. The Hall–Kier alpha value is -1.79. The fourth-order valence-corrected chi connectivity index (χ4v) is 2.87. The van der Waals surface area contributed by atoms with Crippen molar-refractivity contribution in [1.29, 1.82) is 0 Å². The normalized spacial score (nSPS) is 22.3. The summed E-state index contributed by atoms with van der Waals surface area (Å²) in [6, 6.07) is 3.50. The number of carbonyl (C=O) groups excluding carboxylic acids is 1. The van der Waals surface area contributed by atoms with Gasteiger partial charge in [0.25, 0.3) is 0 Å². The third-order valence-electron chi connectivity index (χ3n) is 3.87. The minimum Gasteiger partial charge on any atom is -0.493 e. The second-order valence-corrected chi connectivity index (χ2v) is 4.97. The van der Waals surface area contributed by atoms with E-state index >= 15 is 0 Å². The molecule has 3 rings (SSSR count). The minimum atomic E-state index is -0.230. The van der Waals surface area contributed by atoms with Crippen LogP contribution in [-0.2, 0) is 4.79 Å². The summed E-state index contributed by atoms with van der Waals surface area (Å²) in [5, 5.41) is 6.23. The maximum absolute atomic E-state index is 12.3. The van der Waals surface area contributed by atoms with Crippen molar-refractivity contribution < 1.29 is 14.3 Å². The largest absolute Gasteiger partial charge is 0.493 e.